The van der Waals surface area contributed by atoms with Crippen LogP contribution in [0.25, 0.3) is 11.1 Å². The van der Waals surface area contributed by atoms with Crippen molar-refractivity contribution >= 4 is 18.7 Å². The van der Waals surface area contributed by atoms with Crippen LogP contribution in [-0.4, -0.2) is 37.6 Å². The quantitative estimate of drug-likeness (QED) is 0.428. The van der Waals surface area contributed by atoms with Crippen molar-refractivity contribution < 1.29 is 18.8 Å². The van der Waals surface area contributed by atoms with Crippen LogP contribution in [0.5, 0.6) is 0 Å². The lowest BCUT2D eigenvalue weighted by Crippen LogP contribution is -2.41. The fourth-order valence-corrected chi connectivity index (χ4v) is 4.61. The molecule has 1 fully saturated rings. The minimum Gasteiger partial charge on any atom is -0.449 e. The fourth-order valence-electron chi connectivity index (χ4n) is 4.61. The third-order valence-electron chi connectivity index (χ3n) is 7.33. The Morgan fingerprint density at radius 1 is 0.889 bits per heavy atom. The molecule has 0 aromatic heterocycles. The second-order valence-corrected chi connectivity index (χ2v) is 10.2. The van der Waals surface area contributed by atoms with Crippen LogP contribution in [0.2, 0.25) is 0 Å². The van der Waals surface area contributed by atoms with Gasteiger partial charge in [-0.2, -0.15) is 0 Å². The molecular weight excluding hydrogens is 449 g/mol. The minimum absolute atomic E-state index is 0.0386. The summed E-state index contributed by atoms with van der Waals surface area (Å²) in [6, 6.07) is 24.3. The Morgan fingerprint density at radius 3 is 2.03 bits per heavy atom. The lowest BCUT2D eigenvalue weighted by Gasteiger charge is -2.32. The van der Waals surface area contributed by atoms with Crippen molar-refractivity contribution in [1.29, 1.82) is 0 Å². The predicted octanol–water partition coefficient (Wildman–Crippen LogP) is 4.88. The predicted molar refractivity (Wildman–Crippen MR) is 142 cm³/mol. The number of carbonyl (C=O) groups excluding carboxylic acids is 1. The van der Waals surface area contributed by atoms with Crippen LogP contribution in [-0.2, 0) is 14.0 Å². The Labute approximate surface area is 213 Å². The van der Waals surface area contributed by atoms with Crippen LogP contribution in [0.4, 0.5) is 4.79 Å². The van der Waals surface area contributed by atoms with Crippen molar-refractivity contribution in [1.82, 2.24) is 5.32 Å². The molecule has 182 valence electrons. The van der Waals surface area contributed by atoms with Crippen LogP contribution in [0.1, 0.15) is 50.3 Å². The molecule has 1 saturated heterocycles. The van der Waals surface area contributed by atoms with E-state index in [4.69, 9.17) is 14.0 Å². The SMILES string of the molecule is CC1(C)OB(c2ccc(C#CCNC(=O)OCC3c4ccccc4-c4ccccc43)cc2)OC1(C)C. The van der Waals surface area contributed by atoms with E-state index in [0.717, 1.165) is 11.0 Å². The van der Waals surface area contributed by atoms with E-state index in [-0.39, 0.29) is 30.3 Å². The first-order valence-corrected chi connectivity index (χ1v) is 12.3. The molecule has 3 aromatic rings. The summed E-state index contributed by atoms with van der Waals surface area (Å²) in [5.41, 5.74) is 5.85. The average molecular weight is 479 g/mol. The maximum absolute atomic E-state index is 12.3. The number of ether oxygens (including phenoxy) is 1. The molecular formula is C30H30BNO4. The van der Waals surface area contributed by atoms with Gasteiger partial charge in [-0.15, -0.1) is 0 Å². The zero-order valence-electron chi connectivity index (χ0n) is 21.1. The molecule has 0 bridgehead atoms. The number of benzene rings is 3. The zero-order chi connectivity index (χ0) is 25.3. The normalized spacial score (nSPS) is 17.1. The first kappa shape index (κ1) is 24.2. The minimum atomic E-state index is -0.470. The highest BCUT2D eigenvalue weighted by atomic mass is 16.7. The number of nitrogens with one attached hydrogen (secondary N) is 1. The Bertz CT molecular complexity index is 1280. The Hall–Kier alpha value is -3.53. The Balaban J connectivity index is 1.13. The number of carbonyl (C=O) groups is 1. The standard InChI is InChI=1S/C30H30BNO4/c1-29(2)30(3,4)36-31(35-29)22-17-15-21(16-18-22)10-9-19-32-28(33)34-20-27-25-13-7-5-11-23(25)24-12-6-8-14-26(24)27/h5-8,11-18,27H,19-20H2,1-4H3,(H,32,33). The van der Waals surface area contributed by atoms with Gasteiger partial charge in [-0.25, -0.2) is 4.79 Å². The molecule has 1 aliphatic heterocycles. The smallest absolute Gasteiger partial charge is 0.449 e. The number of amides is 1. The summed E-state index contributed by atoms with van der Waals surface area (Å²) in [6.45, 7) is 8.64. The van der Waals surface area contributed by atoms with Gasteiger partial charge >= 0.3 is 13.2 Å². The molecule has 6 heteroatoms. The third kappa shape index (κ3) is 4.65. The summed E-state index contributed by atoms with van der Waals surface area (Å²) >= 11 is 0. The van der Waals surface area contributed by atoms with Gasteiger partial charge < -0.3 is 19.4 Å². The molecule has 0 saturated carbocycles. The van der Waals surface area contributed by atoms with Gasteiger partial charge in [-0.1, -0.05) is 72.5 Å². The van der Waals surface area contributed by atoms with Gasteiger partial charge in [0.2, 0.25) is 0 Å². The van der Waals surface area contributed by atoms with Crippen molar-refractivity contribution in [3.8, 4) is 23.0 Å². The largest absolute Gasteiger partial charge is 0.494 e. The highest BCUT2D eigenvalue weighted by molar-refractivity contribution is 6.62. The summed E-state index contributed by atoms with van der Waals surface area (Å²) in [4.78, 5) is 12.3. The van der Waals surface area contributed by atoms with E-state index in [2.05, 4.69) is 41.4 Å². The van der Waals surface area contributed by atoms with Crippen LogP contribution in [0, 0.1) is 11.8 Å². The van der Waals surface area contributed by atoms with Crippen molar-refractivity contribution in [2.24, 2.45) is 0 Å². The average Bonchev–Trinajstić information content (AvgIpc) is 3.30. The van der Waals surface area contributed by atoms with Crippen LogP contribution in [0.3, 0.4) is 0 Å². The lowest BCUT2D eigenvalue weighted by molar-refractivity contribution is 0.00578. The van der Waals surface area contributed by atoms with E-state index in [1.165, 1.54) is 22.3 Å². The molecule has 5 rings (SSSR count). The monoisotopic (exact) mass is 479 g/mol. The summed E-state index contributed by atoms with van der Waals surface area (Å²) in [7, 11) is -0.396. The van der Waals surface area contributed by atoms with E-state index in [1.807, 2.05) is 76.2 Å². The summed E-state index contributed by atoms with van der Waals surface area (Å²) in [5, 5.41) is 2.72. The third-order valence-corrected chi connectivity index (χ3v) is 7.33. The van der Waals surface area contributed by atoms with Crippen molar-refractivity contribution in [2.75, 3.05) is 13.2 Å². The molecule has 1 amide bonds. The van der Waals surface area contributed by atoms with E-state index in [9.17, 15) is 4.79 Å². The van der Waals surface area contributed by atoms with E-state index in [0.29, 0.717) is 0 Å². The zero-order valence-corrected chi connectivity index (χ0v) is 21.1. The topological polar surface area (TPSA) is 56.8 Å². The van der Waals surface area contributed by atoms with E-state index >= 15 is 0 Å². The molecule has 36 heavy (non-hydrogen) atoms. The number of hydrogen-bond donors (Lipinski definition) is 1. The van der Waals surface area contributed by atoms with Crippen molar-refractivity contribution in [3.63, 3.8) is 0 Å². The molecule has 1 N–H and O–H groups in total. The summed E-state index contributed by atoms with van der Waals surface area (Å²) in [6.07, 6.45) is -0.470. The number of fused-ring (bicyclic) bond motifs is 3. The molecule has 1 heterocycles. The molecule has 3 aromatic carbocycles. The fraction of sp³-hybridized carbons (Fsp3) is 0.300. The van der Waals surface area contributed by atoms with Gasteiger partial charge in [-0.05, 0) is 67.5 Å². The van der Waals surface area contributed by atoms with Gasteiger partial charge in [0.25, 0.3) is 0 Å². The molecule has 0 spiro atoms. The Kier molecular flexibility index (Phi) is 6.38. The maximum Gasteiger partial charge on any atom is 0.494 e. The van der Waals surface area contributed by atoms with Gasteiger partial charge in [0, 0.05) is 11.5 Å². The molecule has 2 aliphatic rings. The summed E-state index contributed by atoms with van der Waals surface area (Å²) in [5.74, 6) is 6.09. The first-order chi connectivity index (χ1) is 17.2. The van der Waals surface area contributed by atoms with Crippen LogP contribution < -0.4 is 10.8 Å². The molecule has 0 atom stereocenters. The number of hydrogen-bond acceptors (Lipinski definition) is 4. The van der Waals surface area contributed by atoms with E-state index < -0.39 is 13.2 Å². The van der Waals surface area contributed by atoms with Gasteiger partial charge in [0.15, 0.2) is 0 Å². The number of alkyl carbamates (subject to hydrolysis) is 1. The van der Waals surface area contributed by atoms with Gasteiger partial charge in [-0.3, -0.25) is 0 Å². The second-order valence-electron chi connectivity index (χ2n) is 10.2. The first-order valence-electron chi connectivity index (χ1n) is 12.3. The van der Waals surface area contributed by atoms with Crippen LogP contribution in [0.15, 0.2) is 72.8 Å². The Morgan fingerprint density at radius 2 is 1.44 bits per heavy atom. The second kappa shape index (κ2) is 9.50. The highest BCUT2D eigenvalue weighted by Gasteiger charge is 2.51. The van der Waals surface area contributed by atoms with Gasteiger partial charge in [0.1, 0.15) is 6.61 Å². The summed E-state index contributed by atoms with van der Waals surface area (Å²) < 4.78 is 17.7. The molecule has 0 radical (unpaired) electrons. The lowest BCUT2D eigenvalue weighted by atomic mass is 9.79. The van der Waals surface area contributed by atoms with Crippen molar-refractivity contribution in [3.05, 3.63) is 89.5 Å². The molecule has 0 unspecified atom stereocenters. The van der Waals surface area contributed by atoms with Crippen molar-refractivity contribution in [2.45, 2.75) is 44.8 Å². The molecule has 5 nitrogen and oxygen atoms in total. The van der Waals surface area contributed by atoms with E-state index in [1.54, 1.807) is 0 Å². The number of rotatable bonds is 4. The maximum atomic E-state index is 12.3. The van der Waals surface area contributed by atoms with Crippen LogP contribution >= 0.6 is 0 Å². The highest BCUT2D eigenvalue weighted by Crippen LogP contribution is 2.44. The molecule has 1 aliphatic carbocycles. The van der Waals surface area contributed by atoms with Gasteiger partial charge in [0.05, 0.1) is 17.7 Å².